The average Bonchev–Trinajstić information content (AvgIpc) is 1.88. The molecule has 2 heteroatoms. The lowest BCUT2D eigenvalue weighted by molar-refractivity contribution is 0.370. The third-order valence-corrected chi connectivity index (χ3v) is 1.61. The normalized spacial score (nSPS) is 27.3. The predicted octanol–water partition coefficient (Wildman–Crippen LogP) is 1.60. The Morgan fingerprint density at radius 2 is 2.44 bits per heavy atom. The first-order valence-electron chi connectivity index (χ1n) is 3.43. The van der Waals surface area contributed by atoms with E-state index in [1.807, 2.05) is 0 Å². The quantitative estimate of drug-likeness (QED) is 0.484. The number of rotatable bonds is 0. The second-order valence-electron chi connectivity index (χ2n) is 2.47. The monoisotopic (exact) mass is 127 g/mol. The lowest BCUT2D eigenvalue weighted by Crippen LogP contribution is -2.13. The fourth-order valence-corrected chi connectivity index (χ4v) is 1.08. The van der Waals surface area contributed by atoms with E-state index in [4.69, 9.17) is 4.74 Å². The minimum absolute atomic E-state index is 0.480. The maximum Gasteiger partial charge on any atom is 0.183 e. The molecule has 0 aliphatic carbocycles. The Morgan fingerprint density at radius 3 is 2.89 bits per heavy atom. The Labute approximate surface area is 55.9 Å². The number of aliphatic imine (C=N–C) groups is 1. The summed E-state index contributed by atoms with van der Waals surface area (Å²) in [6, 6.07) is 0.480. The summed E-state index contributed by atoms with van der Waals surface area (Å²) < 4.78 is 5.01. The van der Waals surface area contributed by atoms with Gasteiger partial charge in [0.2, 0.25) is 0 Å². The second kappa shape index (κ2) is 2.85. The predicted molar refractivity (Wildman–Crippen MR) is 37.8 cm³/mol. The van der Waals surface area contributed by atoms with Gasteiger partial charge in [-0.25, -0.2) is 0 Å². The van der Waals surface area contributed by atoms with Gasteiger partial charge in [-0.3, -0.25) is 4.99 Å². The fourth-order valence-electron chi connectivity index (χ4n) is 1.08. The van der Waals surface area contributed by atoms with E-state index in [0.29, 0.717) is 6.04 Å². The van der Waals surface area contributed by atoms with Gasteiger partial charge < -0.3 is 4.74 Å². The van der Waals surface area contributed by atoms with Crippen LogP contribution in [0.3, 0.4) is 0 Å². The summed E-state index contributed by atoms with van der Waals surface area (Å²) in [6.07, 6.45) is 3.47. The highest BCUT2D eigenvalue weighted by Crippen LogP contribution is 2.12. The van der Waals surface area contributed by atoms with Gasteiger partial charge >= 0.3 is 0 Å². The van der Waals surface area contributed by atoms with Crippen LogP contribution < -0.4 is 0 Å². The van der Waals surface area contributed by atoms with Crippen LogP contribution >= 0.6 is 0 Å². The fraction of sp³-hybridized carbons (Fsp3) is 0.857. The van der Waals surface area contributed by atoms with Gasteiger partial charge in [0.1, 0.15) is 0 Å². The Kier molecular flexibility index (Phi) is 2.09. The Bertz CT molecular complexity index is 120. The van der Waals surface area contributed by atoms with Crippen molar-refractivity contribution in [3.05, 3.63) is 0 Å². The van der Waals surface area contributed by atoms with Gasteiger partial charge in [0.15, 0.2) is 5.90 Å². The van der Waals surface area contributed by atoms with E-state index < -0.39 is 0 Å². The van der Waals surface area contributed by atoms with E-state index in [-0.39, 0.29) is 0 Å². The zero-order valence-corrected chi connectivity index (χ0v) is 6.05. The number of methoxy groups -OCH3 is 1. The number of ether oxygens (including phenoxy) is 1. The molecule has 9 heavy (non-hydrogen) atoms. The van der Waals surface area contributed by atoms with Gasteiger partial charge in [-0.05, 0) is 19.8 Å². The third-order valence-electron chi connectivity index (χ3n) is 1.61. The molecule has 0 spiro atoms. The van der Waals surface area contributed by atoms with Gasteiger partial charge in [-0.1, -0.05) is 0 Å². The van der Waals surface area contributed by atoms with Crippen LogP contribution in [0.15, 0.2) is 4.99 Å². The van der Waals surface area contributed by atoms with Gasteiger partial charge in [-0.2, -0.15) is 0 Å². The molecule has 0 aromatic carbocycles. The maximum atomic E-state index is 5.01. The van der Waals surface area contributed by atoms with Crippen molar-refractivity contribution in [2.24, 2.45) is 4.99 Å². The van der Waals surface area contributed by atoms with Crippen LogP contribution in [0.25, 0.3) is 0 Å². The van der Waals surface area contributed by atoms with Crippen molar-refractivity contribution in [1.82, 2.24) is 0 Å². The van der Waals surface area contributed by atoms with Crippen molar-refractivity contribution in [2.45, 2.75) is 32.2 Å². The molecule has 52 valence electrons. The van der Waals surface area contributed by atoms with Crippen molar-refractivity contribution < 1.29 is 4.74 Å². The first-order valence-corrected chi connectivity index (χ1v) is 3.43. The third kappa shape index (κ3) is 1.70. The van der Waals surface area contributed by atoms with E-state index in [1.54, 1.807) is 7.11 Å². The molecule has 1 aliphatic heterocycles. The highest BCUT2D eigenvalue weighted by atomic mass is 16.5. The molecular weight excluding hydrogens is 114 g/mol. The van der Waals surface area contributed by atoms with E-state index in [0.717, 1.165) is 12.3 Å². The van der Waals surface area contributed by atoms with Crippen molar-refractivity contribution in [2.75, 3.05) is 7.11 Å². The van der Waals surface area contributed by atoms with E-state index in [9.17, 15) is 0 Å². The Hall–Kier alpha value is -0.530. The molecule has 0 saturated heterocycles. The summed E-state index contributed by atoms with van der Waals surface area (Å²) in [5.74, 6) is 0.925. The summed E-state index contributed by atoms with van der Waals surface area (Å²) in [5, 5.41) is 0. The second-order valence-corrected chi connectivity index (χ2v) is 2.47. The molecule has 0 amide bonds. The van der Waals surface area contributed by atoms with E-state index >= 15 is 0 Å². The Morgan fingerprint density at radius 1 is 1.67 bits per heavy atom. The molecule has 1 unspecified atom stereocenters. The maximum absolute atomic E-state index is 5.01. The molecule has 1 heterocycles. The number of hydrogen-bond acceptors (Lipinski definition) is 2. The van der Waals surface area contributed by atoms with Crippen molar-refractivity contribution in [3.63, 3.8) is 0 Å². The molecular formula is C7H13NO. The molecule has 0 radical (unpaired) electrons. The first-order chi connectivity index (χ1) is 4.33. The van der Waals surface area contributed by atoms with Crippen molar-refractivity contribution in [1.29, 1.82) is 0 Å². The van der Waals surface area contributed by atoms with Gasteiger partial charge in [0.25, 0.3) is 0 Å². The zero-order chi connectivity index (χ0) is 6.69. The molecule has 0 bridgehead atoms. The first kappa shape index (κ1) is 6.59. The molecule has 2 nitrogen and oxygen atoms in total. The topological polar surface area (TPSA) is 21.6 Å². The summed E-state index contributed by atoms with van der Waals surface area (Å²) >= 11 is 0. The summed E-state index contributed by atoms with van der Waals surface area (Å²) in [6.45, 7) is 2.12. The highest BCUT2D eigenvalue weighted by Gasteiger charge is 2.09. The van der Waals surface area contributed by atoms with Crippen LogP contribution in [-0.4, -0.2) is 19.0 Å². The largest absolute Gasteiger partial charge is 0.484 e. The standard InChI is InChI=1S/C7H13NO/c1-6-4-3-5-7(8-6)9-2/h6H,3-5H2,1-2H3. The molecule has 0 N–H and O–H groups in total. The van der Waals surface area contributed by atoms with Gasteiger partial charge in [-0.15, -0.1) is 0 Å². The molecule has 1 atom stereocenters. The Balaban J connectivity index is 2.49. The SMILES string of the molecule is COC1=NC(C)CCC1. The molecule has 0 aromatic rings. The molecule has 1 aliphatic rings. The molecule has 0 aromatic heterocycles. The molecule has 0 fully saturated rings. The molecule has 0 saturated carbocycles. The highest BCUT2D eigenvalue weighted by molar-refractivity contribution is 5.76. The van der Waals surface area contributed by atoms with Crippen LogP contribution in [0.5, 0.6) is 0 Å². The van der Waals surface area contributed by atoms with E-state index in [1.165, 1.54) is 12.8 Å². The summed E-state index contributed by atoms with van der Waals surface area (Å²) in [5.41, 5.74) is 0. The van der Waals surface area contributed by atoms with Crippen LogP contribution in [0.1, 0.15) is 26.2 Å². The lowest BCUT2D eigenvalue weighted by atomic mass is 10.1. The minimum Gasteiger partial charge on any atom is -0.484 e. The smallest absolute Gasteiger partial charge is 0.183 e. The number of hydrogen-bond donors (Lipinski definition) is 0. The lowest BCUT2D eigenvalue weighted by Gasteiger charge is -2.14. The summed E-state index contributed by atoms with van der Waals surface area (Å²) in [7, 11) is 1.69. The zero-order valence-electron chi connectivity index (χ0n) is 6.05. The van der Waals surface area contributed by atoms with Crippen LogP contribution in [0, 0.1) is 0 Å². The van der Waals surface area contributed by atoms with E-state index in [2.05, 4.69) is 11.9 Å². The van der Waals surface area contributed by atoms with Crippen molar-refractivity contribution >= 4 is 5.90 Å². The van der Waals surface area contributed by atoms with Crippen LogP contribution in [0.2, 0.25) is 0 Å². The molecule has 1 rings (SSSR count). The number of nitrogens with zero attached hydrogens (tertiary/aromatic N) is 1. The average molecular weight is 127 g/mol. The summed E-state index contributed by atoms with van der Waals surface area (Å²) in [4.78, 5) is 4.30. The van der Waals surface area contributed by atoms with Gasteiger partial charge in [0.05, 0.1) is 13.2 Å². The van der Waals surface area contributed by atoms with Gasteiger partial charge in [0, 0.05) is 6.42 Å². The van der Waals surface area contributed by atoms with Crippen LogP contribution in [-0.2, 0) is 4.74 Å². The van der Waals surface area contributed by atoms with Crippen molar-refractivity contribution in [3.8, 4) is 0 Å². The van der Waals surface area contributed by atoms with Crippen LogP contribution in [0.4, 0.5) is 0 Å². The minimum atomic E-state index is 0.480.